The van der Waals surface area contributed by atoms with Gasteiger partial charge >= 0.3 is 0 Å². The Kier molecular flexibility index (Phi) is 6.50. The summed E-state index contributed by atoms with van der Waals surface area (Å²) >= 11 is 1.26. The summed E-state index contributed by atoms with van der Waals surface area (Å²) in [7, 11) is -3.72. The van der Waals surface area contributed by atoms with Crippen molar-refractivity contribution in [2.75, 3.05) is 11.9 Å². The van der Waals surface area contributed by atoms with Crippen molar-refractivity contribution in [1.29, 1.82) is 0 Å². The molecule has 0 saturated heterocycles. The number of halogens is 1. The average Bonchev–Trinajstić information content (AvgIpc) is 2.90. The molecule has 0 saturated carbocycles. The smallest absolute Gasteiger partial charge is 0.256 e. The van der Waals surface area contributed by atoms with Gasteiger partial charge in [-0.1, -0.05) is 23.9 Å². The molecule has 2 amide bonds. The summed E-state index contributed by atoms with van der Waals surface area (Å²) < 4.78 is 36.2. The second-order valence-corrected chi connectivity index (χ2v) is 10.1. The fourth-order valence-corrected chi connectivity index (χ4v) is 4.93. The molecule has 1 heterocycles. The maximum atomic E-state index is 13.6. The number of anilines is 1. The van der Waals surface area contributed by atoms with Gasteiger partial charge in [0.15, 0.2) is 0 Å². The minimum atomic E-state index is -3.72. The van der Waals surface area contributed by atoms with E-state index in [1.165, 1.54) is 42.1 Å². The van der Waals surface area contributed by atoms with E-state index < -0.39 is 15.8 Å². The molecule has 0 unspecified atom stereocenters. The number of primary sulfonamides is 1. The largest absolute Gasteiger partial charge is 0.352 e. The van der Waals surface area contributed by atoms with Crippen molar-refractivity contribution in [3.05, 3.63) is 83.2 Å². The minimum absolute atomic E-state index is 0.0567. The predicted octanol–water partition coefficient (Wildman–Crippen LogP) is 3.55. The lowest BCUT2D eigenvalue weighted by molar-refractivity contribution is 0.0951. The zero-order valence-electron chi connectivity index (χ0n) is 17.3. The van der Waals surface area contributed by atoms with Crippen molar-refractivity contribution in [2.24, 2.45) is 5.14 Å². The number of rotatable bonds is 6. The van der Waals surface area contributed by atoms with Crippen molar-refractivity contribution in [1.82, 2.24) is 5.32 Å². The first-order valence-electron chi connectivity index (χ1n) is 10.0. The van der Waals surface area contributed by atoms with Gasteiger partial charge in [-0.25, -0.2) is 17.9 Å². The number of hydrogen-bond acceptors (Lipinski definition) is 5. The summed E-state index contributed by atoms with van der Waals surface area (Å²) in [5.41, 5.74) is 2.19. The maximum Gasteiger partial charge on any atom is 0.256 e. The molecule has 1 aliphatic rings. The summed E-state index contributed by atoms with van der Waals surface area (Å²) in [5.74, 6) is -1.06. The van der Waals surface area contributed by atoms with Crippen LogP contribution in [0.3, 0.4) is 0 Å². The van der Waals surface area contributed by atoms with Crippen molar-refractivity contribution in [3.63, 3.8) is 0 Å². The van der Waals surface area contributed by atoms with Crippen LogP contribution < -0.4 is 15.8 Å². The molecule has 4 N–H and O–H groups in total. The van der Waals surface area contributed by atoms with Crippen LogP contribution in [0.15, 0.2) is 75.4 Å². The van der Waals surface area contributed by atoms with Crippen LogP contribution in [0.25, 0.3) is 0 Å². The van der Waals surface area contributed by atoms with Crippen molar-refractivity contribution in [3.8, 4) is 0 Å². The van der Waals surface area contributed by atoms with Crippen LogP contribution in [0, 0.1) is 5.82 Å². The number of carbonyl (C=O) groups is 2. The van der Waals surface area contributed by atoms with E-state index in [0.29, 0.717) is 46.0 Å². The average molecular weight is 486 g/mol. The number of aryl methyl sites for hydroxylation is 1. The van der Waals surface area contributed by atoms with E-state index in [1.54, 1.807) is 30.3 Å². The third-order valence-corrected chi connectivity index (χ3v) is 7.14. The van der Waals surface area contributed by atoms with Gasteiger partial charge in [-0.05, 0) is 66.9 Å². The summed E-state index contributed by atoms with van der Waals surface area (Å²) in [6, 6.07) is 15.3. The first-order chi connectivity index (χ1) is 15.7. The van der Waals surface area contributed by atoms with E-state index in [-0.39, 0.29) is 16.7 Å². The molecule has 170 valence electrons. The highest BCUT2D eigenvalue weighted by molar-refractivity contribution is 7.99. The van der Waals surface area contributed by atoms with E-state index in [4.69, 9.17) is 5.14 Å². The highest BCUT2D eigenvalue weighted by Crippen LogP contribution is 2.39. The highest BCUT2D eigenvalue weighted by Gasteiger charge is 2.21. The van der Waals surface area contributed by atoms with Gasteiger partial charge in [-0.2, -0.15) is 0 Å². The predicted molar refractivity (Wildman–Crippen MR) is 123 cm³/mol. The molecule has 0 bridgehead atoms. The van der Waals surface area contributed by atoms with Crippen LogP contribution in [0.2, 0.25) is 0 Å². The first-order valence-corrected chi connectivity index (χ1v) is 12.4. The third kappa shape index (κ3) is 5.41. The number of fused-ring (bicyclic) bond motifs is 2. The summed E-state index contributed by atoms with van der Waals surface area (Å²) in [4.78, 5) is 26.3. The monoisotopic (exact) mass is 485 g/mol. The Balaban J connectivity index is 1.36. The number of carbonyl (C=O) groups excluding carboxylic acids is 2. The lowest BCUT2D eigenvalue weighted by Crippen LogP contribution is -2.25. The normalized spacial score (nSPS) is 12.8. The lowest BCUT2D eigenvalue weighted by Gasteiger charge is -2.10. The van der Waals surface area contributed by atoms with Gasteiger partial charge < -0.3 is 10.6 Å². The zero-order chi connectivity index (χ0) is 23.6. The van der Waals surface area contributed by atoms with Gasteiger partial charge in [-0.3, -0.25) is 9.59 Å². The van der Waals surface area contributed by atoms with Gasteiger partial charge in [0, 0.05) is 21.9 Å². The molecular formula is C23H20FN3O4S2. The van der Waals surface area contributed by atoms with Gasteiger partial charge in [0.1, 0.15) is 5.82 Å². The van der Waals surface area contributed by atoms with Gasteiger partial charge in [0.25, 0.3) is 11.8 Å². The zero-order valence-corrected chi connectivity index (χ0v) is 18.9. The molecule has 1 aliphatic heterocycles. The number of hydrogen-bond donors (Lipinski definition) is 3. The van der Waals surface area contributed by atoms with Crippen LogP contribution in [-0.2, 0) is 16.4 Å². The van der Waals surface area contributed by atoms with E-state index >= 15 is 0 Å². The highest BCUT2D eigenvalue weighted by atomic mass is 32.2. The number of benzene rings is 3. The Hall–Kier alpha value is -3.21. The Bertz CT molecular complexity index is 1340. The molecule has 3 aromatic carbocycles. The van der Waals surface area contributed by atoms with E-state index in [1.807, 2.05) is 0 Å². The number of sulfonamides is 1. The van der Waals surface area contributed by atoms with Crippen molar-refractivity contribution in [2.45, 2.75) is 27.5 Å². The quantitative estimate of drug-likeness (QED) is 0.462. The fraction of sp³-hybridized carbons (Fsp3) is 0.130. The Morgan fingerprint density at radius 1 is 1.03 bits per heavy atom. The van der Waals surface area contributed by atoms with E-state index in [2.05, 4.69) is 10.6 Å². The molecule has 0 aromatic heterocycles. The van der Waals surface area contributed by atoms with E-state index in [9.17, 15) is 22.4 Å². The molecule has 0 spiro atoms. The number of nitrogens with one attached hydrogen (secondary N) is 2. The van der Waals surface area contributed by atoms with Crippen LogP contribution >= 0.6 is 11.8 Å². The SMILES string of the molecule is NS(=O)(=O)c1ccc(CCCNC(=O)c2ccc3c(c2)NC(=O)c2ccc(F)cc2S3)cc1. The Morgan fingerprint density at radius 2 is 1.79 bits per heavy atom. The molecule has 4 rings (SSSR count). The van der Waals surface area contributed by atoms with Gasteiger partial charge in [-0.15, -0.1) is 0 Å². The summed E-state index contributed by atoms with van der Waals surface area (Å²) in [6.45, 7) is 0.415. The molecule has 7 nitrogen and oxygen atoms in total. The standard InChI is InChI=1S/C23H20FN3O4S2/c24-16-6-9-18-21(13-16)32-20-10-5-15(12-19(20)27-23(18)29)22(28)26-11-1-2-14-3-7-17(8-4-14)33(25,30)31/h3-10,12-13H,1-2,11H2,(H,26,28)(H,27,29)(H2,25,30,31). The third-order valence-electron chi connectivity index (χ3n) is 5.08. The van der Waals surface area contributed by atoms with Crippen LogP contribution in [0.1, 0.15) is 32.7 Å². The molecule has 0 radical (unpaired) electrons. The second kappa shape index (κ2) is 9.34. The molecule has 0 fully saturated rings. The number of nitrogens with two attached hydrogens (primary N) is 1. The van der Waals surface area contributed by atoms with Crippen LogP contribution in [0.5, 0.6) is 0 Å². The molecule has 33 heavy (non-hydrogen) atoms. The van der Waals surface area contributed by atoms with Crippen molar-refractivity contribution >= 4 is 39.3 Å². The van der Waals surface area contributed by atoms with E-state index in [0.717, 1.165) is 5.56 Å². The van der Waals surface area contributed by atoms with Crippen molar-refractivity contribution < 1.29 is 22.4 Å². The molecule has 3 aromatic rings. The van der Waals surface area contributed by atoms with Crippen LogP contribution in [0.4, 0.5) is 10.1 Å². The maximum absolute atomic E-state index is 13.6. The molecule has 10 heteroatoms. The van der Waals surface area contributed by atoms with Gasteiger partial charge in [0.2, 0.25) is 10.0 Å². The minimum Gasteiger partial charge on any atom is -0.352 e. The topological polar surface area (TPSA) is 118 Å². The Morgan fingerprint density at radius 3 is 2.52 bits per heavy atom. The summed E-state index contributed by atoms with van der Waals surface area (Å²) in [6.07, 6.45) is 1.30. The fourth-order valence-electron chi connectivity index (χ4n) is 3.38. The summed E-state index contributed by atoms with van der Waals surface area (Å²) in [5, 5.41) is 10.7. The molecule has 0 atom stereocenters. The second-order valence-electron chi connectivity index (χ2n) is 7.46. The van der Waals surface area contributed by atoms with Gasteiger partial charge in [0.05, 0.1) is 16.1 Å². The first kappa shape index (κ1) is 23.0. The lowest BCUT2D eigenvalue weighted by atomic mass is 10.1. The molecule has 0 aliphatic carbocycles. The molecular weight excluding hydrogens is 465 g/mol. The van der Waals surface area contributed by atoms with Crippen LogP contribution in [-0.4, -0.2) is 26.8 Å². The number of amides is 2. The Labute approximate surface area is 194 Å².